The number of anilines is 1. The van der Waals surface area contributed by atoms with E-state index >= 15 is 0 Å². The van der Waals surface area contributed by atoms with Crippen molar-refractivity contribution in [1.29, 1.82) is 5.41 Å². The smallest absolute Gasteiger partial charge is 0.320 e. The molecular weight excluding hydrogens is 264 g/mol. The molecule has 1 fully saturated rings. The summed E-state index contributed by atoms with van der Waals surface area (Å²) in [6, 6.07) is 9.00. The first kappa shape index (κ1) is 15.4. The fourth-order valence-corrected chi connectivity index (χ4v) is 2.87. The zero-order valence-corrected chi connectivity index (χ0v) is 12.3. The normalized spacial score (nSPS) is 18.1. The van der Waals surface area contributed by atoms with Crippen molar-refractivity contribution in [2.75, 3.05) is 5.32 Å². The Balaban J connectivity index is 2.04. The number of para-hydroxylation sites is 1. The lowest BCUT2D eigenvalue weighted by Gasteiger charge is -2.35. The molecule has 5 N–H and O–H groups in total. The van der Waals surface area contributed by atoms with Gasteiger partial charge in [-0.3, -0.25) is 5.41 Å². The van der Waals surface area contributed by atoms with Crippen molar-refractivity contribution in [2.45, 2.75) is 50.5 Å². The van der Waals surface area contributed by atoms with Crippen molar-refractivity contribution in [3.05, 3.63) is 30.3 Å². The summed E-state index contributed by atoms with van der Waals surface area (Å²) >= 11 is 0. The van der Waals surface area contributed by atoms with Crippen LogP contribution < -0.4 is 16.4 Å². The Hall–Kier alpha value is -2.04. The SMILES string of the molecule is N=C(N)C1(NC(=O)Nc2ccccc2)CCCCCCC1. The summed E-state index contributed by atoms with van der Waals surface area (Å²) in [6.45, 7) is 0. The molecule has 1 aliphatic rings. The summed E-state index contributed by atoms with van der Waals surface area (Å²) in [5, 5.41) is 13.7. The highest BCUT2D eigenvalue weighted by atomic mass is 16.2. The van der Waals surface area contributed by atoms with Gasteiger partial charge in [-0.05, 0) is 25.0 Å². The summed E-state index contributed by atoms with van der Waals surface area (Å²) in [5.41, 5.74) is 5.85. The number of benzene rings is 1. The lowest BCUT2D eigenvalue weighted by atomic mass is 9.83. The molecule has 0 saturated heterocycles. The van der Waals surface area contributed by atoms with E-state index in [0.717, 1.165) is 44.2 Å². The van der Waals surface area contributed by atoms with Crippen LogP contribution in [0.5, 0.6) is 0 Å². The molecule has 21 heavy (non-hydrogen) atoms. The zero-order chi connectivity index (χ0) is 15.1. The monoisotopic (exact) mass is 288 g/mol. The number of amidine groups is 1. The quantitative estimate of drug-likeness (QED) is 0.508. The van der Waals surface area contributed by atoms with E-state index in [1.165, 1.54) is 6.42 Å². The fourth-order valence-electron chi connectivity index (χ4n) is 2.87. The van der Waals surface area contributed by atoms with Gasteiger partial charge in [-0.1, -0.05) is 50.3 Å². The third-order valence-electron chi connectivity index (χ3n) is 4.11. The van der Waals surface area contributed by atoms with Crippen molar-refractivity contribution in [3.63, 3.8) is 0 Å². The third kappa shape index (κ3) is 4.21. The fraction of sp³-hybridized carbons (Fsp3) is 0.500. The molecule has 114 valence electrons. The summed E-state index contributed by atoms with van der Waals surface area (Å²) in [6.07, 6.45) is 6.96. The van der Waals surface area contributed by atoms with Crippen LogP contribution in [0.15, 0.2) is 30.3 Å². The minimum atomic E-state index is -0.695. The summed E-state index contributed by atoms with van der Waals surface area (Å²) in [5.74, 6) is 0.0626. The lowest BCUT2D eigenvalue weighted by Crippen LogP contribution is -2.58. The maximum atomic E-state index is 12.2. The van der Waals surface area contributed by atoms with E-state index < -0.39 is 5.54 Å². The molecule has 0 heterocycles. The Bertz CT molecular complexity index is 478. The predicted octanol–water partition coefficient (Wildman–Crippen LogP) is 3.23. The van der Waals surface area contributed by atoms with Crippen molar-refractivity contribution in [3.8, 4) is 0 Å². The number of nitrogens with one attached hydrogen (secondary N) is 3. The Morgan fingerprint density at radius 1 is 1.05 bits per heavy atom. The van der Waals surface area contributed by atoms with Crippen LogP contribution in [0.2, 0.25) is 0 Å². The Morgan fingerprint density at radius 2 is 1.62 bits per heavy atom. The van der Waals surface area contributed by atoms with E-state index in [2.05, 4.69) is 10.6 Å². The van der Waals surface area contributed by atoms with Crippen LogP contribution in [-0.4, -0.2) is 17.4 Å². The number of rotatable bonds is 3. The average Bonchev–Trinajstić information content (AvgIpc) is 2.42. The van der Waals surface area contributed by atoms with Gasteiger partial charge in [-0.25, -0.2) is 4.79 Å². The van der Waals surface area contributed by atoms with Crippen LogP contribution in [0.25, 0.3) is 0 Å². The Kier molecular flexibility index (Phi) is 5.20. The highest BCUT2D eigenvalue weighted by Crippen LogP contribution is 2.26. The van der Waals surface area contributed by atoms with Gasteiger partial charge >= 0.3 is 6.03 Å². The van der Waals surface area contributed by atoms with Gasteiger partial charge in [-0.15, -0.1) is 0 Å². The highest BCUT2D eigenvalue weighted by molar-refractivity contribution is 5.96. The number of urea groups is 1. The third-order valence-corrected chi connectivity index (χ3v) is 4.11. The molecule has 0 atom stereocenters. The molecule has 5 nitrogen and oxygen atoms in total. The van der Waals surface area contributed by atoms with E-state index in [1.807, 2.05) is 30.3 Å². The molecule has 1 aliphatic carbocycles. The molecule has 0 spiro atoms. The first-order valence-electron chi connectivity index (χ1n) is 7.61. The van der Waals surface area contributed by atoms with Gasteiger partial charge < -0.3 is 16.4 Å². The van der Waals surface area contributed by atoms with Crippen LogP contribution in [0.4, 0.5) is 10.5 Å². The van der Waals surface area contributed by atoms with Crippen LogP contribution >= 0.6 is 0 Å². The summed E-state index contributed by atoms with van der Waals surface area (Å²) < 4.78 is 0. The maximum Gasteiger partial charge on any atom is 0.320 e. The number of nitrogens with two attached hydrogens (primary N) is 1. The second-order valence-electron chi connectivity index (χ2n) is 5.71. The van der Waals surface area contributed by atoms with Gasteiger partial charge in [-0.2, -0.15) is 0 Å². The molecule has 0 aromatic heterocycles. The zero-order valence-electron chi connectivity index (χ0n) is 12.3. The van der Waals surface area contributed by atoms with Gasteiger partial charge in [0, 0.05) is 5.69 Å². The molecule has 1 aromatic carbocycles. The molecule has 1 saturated carbocycles. The van der Waals surface area contributed by atoms with Crippen LogP contribution in [0, 0.1) is 5.41 Å². The first-order chi connectivity index (χ1) is 10.1. The number of carbonyl (C=O) groups excluding carboxylic acids is 1. The molecule has 5 heteroatoms. The minimum absolute atomic E-state index is 0.0626. The van der Waals surface area contributed by atoms with E-state index in [9.17, 15) is 4.79 Å². The van der Waals surface area contributed by atoms with Gasteiger partial charge in [0.05, 0.1) is 5.54 Å². The van der Waals surface area contributed by atoms with Gasteiger partial charge in [0.25, 0.3) is 0 Å². The molecule has 0 radical (unpaired) electrons. The summed E-state index contributed by atoms with van der Waals surface area (Å²) in [4.78, 5) is 12.2. The number of hydrogen-bond donors (Lipinski definition) is 4. The standard InChI is InChI=1S/C16H24N4O/c17-14(18)16(11-7-2-1-3-8-12-16)20-15(21)19-13-9-5-4-6-10-13/h4-6,9-10H,1-3,7-8,11-12H2,(H3,17,18)(H2,19,20,21). The van der Waals surface area contributed by atoms with E-state index in [1.54, 1.807) is 0 Å². The Labute approximate surface area is 125 Å². The average molecular weight is 288 g/mol. The van der Waals surface area contributed by atoms with Crippen LogP contribution in [-0.2, 0) is 0 Å². The largest absolute Gasteiger partial charge is 0.386 e. The molecule has 0 bridgehead atoms. The number of amides is 2. The second kappa shape index (κ2) is 7.11. The van der Waals surface area contributed by atoms with Crippen molar-refractivity contribution in [1.82, 2.24) is 5.32 Å². The summed E-state index contributed by atoms with van der Waals surface area (Å²) in [7, 11) is 0. The van der Waals surface area contributed by atoms with Gasteiger partial charge in [0.2, 0.25) is 0 Å². The van der Waals surface area contributed by atoms with E-state index in [4.69, 9.17) is 11.1 Å². The van der Waals surface area contributed by atoms with Gasteiger partial charge in [0.15, 0.2) is 0 Å². The maximum absolute atomic E-state index is 12.2. The van der Waals surface area contributed by atoms with Crippen molar-refractivity contribution < 1.29 is 4.79 Å². The minimum Gasteiger partial charge on any atom is -0.386 e. The van der Waals surface area contributed by atoms with Crippen LogP contribution in [0.3, 0.4) is 0 Å². The molecule has 0 unspecified atom stereocenters. The molecule has 2 amide bonds. The second-order valence-corrected chi connectivity index (χ2v) is 5.71. The molecule has 2 rings (SSSR count). The molecule has 1 aromatic rings. The Morgan fingerprint density at radius 3 is 2.19 bits per heavy atom. The topological polar surface area (TPSA) is 91.0 Å². The highest BCUT2D eigenvalue weighted by Gasteiger charge is 2.35. The molecule has 0 aliphatic heterocycles. The number of hydrogen-bond acceptors (Lipinski definition) is 2. The van der Waals surface area contributed by atoms with Crippen molar-refractivity contribution >= 4 is 17.6 Å². The number of carbonyl (C=O) groups is 1. The van der Waals surface area contributed by atoms with Gasteiger partial charge in [0.1, 0.15) is 5.84 Å². The lowest BCUT2D eigenvalue weighted by molar-refractivity contribution is 0.238. The predicted molar refractivity (Wildman–Crippen MR) is 85.6 cm³/mol. The van der Waals surface area contributed by atoms with E-state index in [0.29, 0.717) is 0 Å². The van der Waals surface area contributed by atoms with Crippen LogP contribution in [0.1, 0.15) is 44.9 Å². The first-order valence-corrected chi connectivity index (χ1v) is 7.61. The molecular formula is C16H24N4O. The van der Waals surface area contributed by atoms with E-state index in [-0.39, 0.29) is 11.9 Å². The van der Waals surface area contributed by atoms with Crippen molar-refractivity contribution in [2.24, 2.45) is 5.73 Å².